The highest BCUT2D eigenvalue weighted by Crippen LogP contribution is 2.33. The van der Waals surface area contributed by atoms with Gasteiger partial charge in [-0.3, -0.25) is 14.4 Å². The van der Waals surface area contributed by atoms with Crippen LogP contribution < -0.4 is 9.04 Å². The molecule has 4 rings (SSSR count). The van der Waals surface area contributed by atoms with Crippen LogP contribution in [0.1, 0.15) is 28.4 Å². The number of nitrogens with zero attached hydrogens (tertiary/aromatic N) is 2. The van der Waals surface area contributed by atoms with Gasteiger partial charge in [-0.05, 0) is 37.3 Å². The second-order valence-corrected chi connectivity index (χ2v) is 9.43. The van der Waals surface area contributed by atoms with E-state index in [2.05, 4.69) is 0 Å². The maximum atomic E-state index is 13.3. The number of carbonyl (C=O) groups is 1. The van der Waals surface area contributed by atoms with Crippen LogP contribution in [0.5, 0.6) is 5.75 Å². The smallest absolute Gasteiger partial charge is 0.338 e. The van der Waals surface area contributed by atoms with Crippen LogP contribution in [0, 0.1) is 10.1 Å². The third-order valence-electron chi connectivity index (χ3n) is 5.33. The third kappa shape index (κ3) is 5.10. The van der Waals surface area contributed by atoms with E-state index in [-0.39, 0.29) is 42.7 Å². The number of ether oxygens (including phenoxy) is 3. The van der Waals surface area contributed by atoms with Crippen LogP contribution >= 0.6 is 0 Å². The number of anilines is 1. The highest BCUT2D eigenvalue weighted by Gasteiger charge is 2.25. The summed E-state index contributed by atoms with van der Waals surface area (Å²) >= 11 is 0. The van der Waals surface area contributed by atoms with Crippen molar-refractivity contribution in [2.24, 2.45) is 0 Å². The van der Waals surface area contributed by atoms with Gasteiger partial charge in [0.1, 0.15) is 12.4 Å². The number of rotatable bonds is 8. The molecule has 0 amide bonds. The normalized spacial score (nSPS) is 12.8. The molecule has 3 aromatic rings. The zero-order chi connectivity index (χ0) is 25.0. The zero-order valence-corrected chi connectivity index (χ0v) is 19.6. The van der Waals surface area contributed by atoms with Crippen LogP contribution in [0.4, 0.5) is 11.4 Å². The van der Waals surface area contributed by atoms with E-state index >= 15 is 0 Å². The number of nitro benzene ring substituents is 1. The molecule has 0 saturated carbocycles. The van der Waals surface area contributed by atoms with Gasteiger partial charge in [-0.25, -0.2) is 13.2 Å². The lowest BCUT2D eigenvalue weighted by molar-refractivity contribution is -0.385. The second kappa shape index (κ2) is 10.1. The summed E-state index contributed by atoms with van der Waals surface area (Å²) in [7, 11) is -3.94. The van der Waals surface area contributed by atoms with Crippen molar-refractivity contribution in [3.8, 4) is 5.75 Å². The molecule has 0 bridgehead atoms. The number of esters is 1. The number of para-hydroxylation sites is 1. The highest BCUT2D eigenvalue weighted by molar-refractivity contribution is 7.92. The van der Waals surface area contributed by atoms with Crippen LogP contribution in [0.15, 0.2) is 71.6 Å². The fourth-order valence-corrected chi connectivity index (χ4v) is 5.24. The molecule has 0 spiro atoms. The Morgan fingerprint density at radius 2 is 1.89 bits per heavy atom. The van der Waals surface area contributed by atoms with Crippen LogP contribution in [0.3, 0.4) is 0 Å². The van der Waals surface area contributed by atoms with Crippen molar-refractivity contribution in [3.05, 3.63) is 93.5 Å². The number of non-ortho nitro benzene ring substituents is 1. The van der Waals surface area contributed by atoms with E-state index in [4.69, 9.17) is 14.2 Å². The van der Waals surface area contributed by atoms with Crippen molar-refractivity contribution >= 4 is 27.4 Å². The van der Waals surface area contributed by atoms with Crippen molar-refractivity contribution in [1.82, 2.24) is 0 Å². The molecule has 0 radical (unpaired) electrons. The Hall–Kier alpha value is -3.96. The minimum atomic E-state index is -3.94. The van der Waals surface area contributed by atoms with Crippen molar-refractivity contribution in [1.29, 1.82) is 0 Å². The summed E-state index contributed by atoms with van der Waals surface area (Å²) in [4.78, 5) is 23.4. The van der Waals surface area contributed by atoms with E-state index in [1.54, 1.807) is 37.3 Å². The van der Waals surface area contributed by atoms with Crippen molar-refractivity contribution < 1.29 is 32.3 Å². The Labute approximate surface area is 201 Å². The molecule has 182 valence electrons. The largest absolute Gasteiger partial charge is 0.467 e. The number of nitro groups is 1. The Balaban J connectivity index is 1.56. The van der Waals surface area contributed by atoms with Gasteiger partial charge in [-0.15, -0.1) is 0 Å². The average Bonchev–Trinajstić information content (AvgIpc) is 2.87. The maximum Gasteiger partial charge on any atom is 0.338 e. The second-order valence-electron chi connectivity index (χ2n) is 7.57. The molecule has 1 aliphatic rings. The zero-order valence-electron chi connectivity index (χ0n) is 18.7. The number of fused-ring (bicyclic) bond motifs is 1. The topological polar surface area (TPSA) is 125 Å². The van der Waals surface area contributed by atoms with Crippen LogP contribution in [-0.2, 0) is 32.7 Å². The average molecular weight is 499 g/mol. The molecule has 1 aliphatic heterocycles. The van der Waals surface area contributed by atoms with Gasteiger partial charge in [0.05, 0.1) is 27.7 Å². The van der Waals surface area contributed by atoms with Crippen LogP contribution in [0.25, 0.3) is 0 Å². The summed E-state index contributed by atoms with van der Waals surface area (Å²) in [6.45, 7) is 1.72. The molecular formula is C24H22N2O8S. The first-order valence-electron chi connectivity index (χ1n) is 10.7. The molecule has 35 heavy (non-hydrogen) atoms. The quantitative estimate of drug-likeness (QED) is 0.259. The lowest BCUT2D eigenvalue weighted by Gasteiger charge is -2.23. The van der Waals surface area contributed by atoms with Gasteiger partial charge in [0.25, 0.3) is 15.7 Å². The van der Waals surface area contributed by atoms with E-state index in [0.29, 0.717) is 22.6 Å². The van der Waals surface area contributed by atoms with Crippen molar-refractivity contribution in [2.45, 2.75) is 25.0 Å². The molecule has 0 fully saturated rings. The van der Waals surface area contributed by atoms with Crippen LogP contribution in [-0.4, -0.2) is 32.6 Å². The maximum absolute atomic E-state index is 13.3. The number of hydrogen-bond donors (Lipinski definition) is 0. The van der Waals surface area contributed by atoms with E-state index in [0.717, 1.165) is 0 Å². The van der Waals surface area contributed by atoms with Gasteiger partial charge >= 0.3 is 5.97 Å². The standard InChI is InChI=1S/C24H22N2O8S/c1-2-25(20-8-4-3-5-9-20)35(30,31)22-10-6-7-17(13-22)24(27)33-15-19-12-21(26(28)29)11-18-14-32-16-34-23(18)19/h3-13H,2,14-16H2,1H3. The molecule has 0 aromatic heterocycles. The molecule has 1 heterocycles. The summed E-state index contributed by atoms with van der Waals surface area (Å²) in [5.74, 6) is -0.412. The van der Waals surface area contributed by atoms with E-state index in [9.17, 15) is 23.3 Å². The third-order valence-corrected chi connectivity index (χ3v) is 7.23. The van der Waals surface area contributed by atoms with Gasteiger partial charge in [0.15, 0.2) is 6.79 Å². The highest BCUT2D eigenvalue weighted by atomic mass is 32.2. The Bertz CT molecular complexity index is 1360. The SMILES string of the molecule is CCN(c1ccccc1)S(=O)(=O)c1cccc(C(=O)OCc2cc([N+](=O)[O-])cc3c2OCOC3)c1. The molecule has 0 unspecified atom stereocenters. The lowest BCUT2D eigenvalue weighted by Crippen LogP contribution is -2.30. The molecular weight excluding hydrogens is 476 g/mol. The molecule has 0 N–H and O–H groups in total. The van der Waals surface area contributed by atoms with Crippen molar-refractivity contribution in [3.63, 3.8) is 0 Å². The van der Waals surface area contributed by atoms with Gasteiger partial charge in [-0.1, -0.05) is 24.3 Å². The van der Waals surface area contributed by atoms with Crippen LogP contribution in [0.2, 0.25) is 0 Å². The number of sulfonamides is 1. The number of benzene rings is 3. The Kier molecular flexibility index (Phi) is 6.99. The van der Waals surface area contributed by atoms with Gasteiger partial charge in [-0.2, -0.15) is 0 Å². The lowest BCUT2D eigenvalue weighted by atomic mass is 10.1. The van der Waals surface area contributed by atoms with Gasteiger partial charge < -0.3 is 14.2 Å². The molecule has 10 nitrogen and oxygen atoms in total. The first kappa shape index (κ1) is 24.2. The molecule has 0 aliphatic carbocycles. The molecule has 3 aromatic carbocycles. The Morgan fingerprint density at radius 3 is 2.60 bits per heavy atom. The molecule has 0 atom stereocenters. The predicted molar refractivity (Wildman–Crippen MR) is 126 cm³/mol. The molecule has 0 saturated heterocycles. The summed E-state index contributed by atoms with van der Waals surface area (Å²) in [5.41, 5.74) is 1.14. The first-order chi connectivity index (χ1) is 16.8. The minimum absolute atomic E-state index is 0.0266. The summed E-state index contributed by atoms with van der Waals surface area (Å²) < 4.78 is 43.8. The fraction of sp³-hybridized carbons (Fsp3) is 0.208. The molecule has 11 heteroatoms. The van der Waals surface area contributed by atoms with E-state index in [1.165, 1.54) is 40.7 Å². The first-order valence-corrected chi connectivity index (χ1v) is 12.1. The summed E-state index contributed by atoms with van der Waals surface area (Å²) in [5, 5.41) is 11.3. The number of hydrogen-bond acceptors (Lipinski definition) is 8. The fourth-order valence-electron chi connectivity index (χ4n) is 3.72. The minimum Gasteiger partial charge on any atom is -0.467 e. The number of carbonyl (C=O) groups excluding carboxylic acids is 1. The van der Waals surface area contributed by atoms with E-state index < -0.39 is 20.9 Å². The van der Waals surface area contributed by atoms with Crippen molar-refractivity contribution in [2.75, 3.05) is 17.6 Å². The Morgan fingerprint density at radius 1 is 1.11 bits per heavy atom. The predicted octanol–water partition coefficient (Wildman–Crippen LogP) is 4.03. The van der Waals surface area contributed by atoms with E-state index in [1.807, 2.05) is 0 Å². The summed E-state index contributed by atoms with van der Waals surface area (Å²) in [6, 6.07) is 16.8. The van der Waals surface area contributed by atoms with Gasteiger partial charge in [0.2, 0.25) is 0 Å². The van der Waals surface area contributed by atoms with Gasteiger partial charge in [0, 0.05) is 29.8 Å². The summed E-state index contributed by atoms with van der Waals surface area (Å²) in [6.07, 6.45) is 0. The monoisotopic (exact) mass is 498 g/mol.